The molecular weight excluding hydrogens is 459 g/mol. The van der Waals surface area contributed by atoms with Crippen molar-refractivity contribution in [2.24, 2.45) is 0 Å². The molecule has 0 radical (unpaired) electrons. The van der Waals surface area contributed by atoms with Crippen LogP contribution in [0.15, 0.2) is 72.8 Å². The van der Waals surface area contributed by atoms with Crippen molar-refractivity contribution in [3.05, 3.63) is 107 Å². The van der Waals surface area contributed by atoms with Crippen LogP contribution in [0.2, 0.25) is 0 Å². The molecule has 1 fully saturated rings. The van der Waals surface area contributed by atoms with E-state index in [0.29, 0.717) is 16.7 Å². The monoisotopic (exact) mass is 483 g/mol. The molecule has 0 aliphatic carbocycles. The number of rotatable bonds is 10. The van der Waals surface area contributed by atoms with Gasteiger partial charge >= 0.3 is 0 Å². The predicted molar refractivity (Wildman–Crippen MR) is 120 cm³/mol. The first-order valence-corrected chi connectivity index (χ1v) is 11.1. The van der Waals surface area contributed by atoms with Gasteiger partial charge in [-0.05, 0) is 18.2 Å². The number of hydrogen-bond donors (Lipinski definition) is 0. The molecule has 0 saturated carbocycles. The van der Waals surface area contributed by atoms with Crippen LogP contribution >= 0.6 is 0 Å². The molecule has 1 saturated heterocycles. The lowest BCUT2D eigenvalue weighted by molar-refractivity contribution is -0.0904. The van der Waals surface area contributed by atoms with Crippen molar-refractivity contribution in [3.63, 3.8) is 0 Å². The van der Waals surface area contributed by atoms with E-state index in [-0.39, 0.29) is 26.4 Å². The summed E-state index contributed by atoms with van der Waals surface area (Å²) in [7, 11) is 0. The summed E-state index contributed by atoms with van der Waals surface area (Å²) in [5.41, 5.74) is 1.02. The van der Waals surface area contributed by atoms with Gasteiger partial charge in [-0.15, -0.1) is 0 Å². The number of halogens is 3. The average Bonchev–Trinajstić information content (AvgIpc) is 3.20. The van der Waals surface area contributed by atoms with Crippen LogP contribution in [-0.4, -0.2) is 31.0 Å². The van der Waals surface area contributed by atoms with Gasteiger partial charge in [-0.3, -0.25) is 0 Å². The Bertz CT molecular complexity index is 1170. The summed E-state index contributed by atoms with van der Waals surface area (Å²) >= 11 is 0. The molecule has 0 aromatic heterocycles. The van der Waals surface area contributed by atoms with Gasteiger partial charge in [-0.1, -0.05) is 54.6 Å². The Hall–Kier alpha value is -3.22. The average molecular weight is 483 g/mol. The zero-order valence-corrected chi connectivity index (χ0v) is 18.8. The number of nitrogens with zero attached hydrogens (tertiary/aromatic N) is 1. The fourth-order valence-electron chi connectivity index (χ4n) is 3.85. The van der Waals surface area contributed by atoms with E-state index >= 15 is 0 Å². The van der Waals surface area contributed by atoms with Crippen LogP contribution in [0.25, 0.3) is 0 Å². The molecule has 0 unspecified atom stereocenters. The van der Waals surface area contributed by atoms with Gasteiger partial charge in [0.25, 0.3) is 0 Å². The highest BCUT2D eigenvalue weighted by molar-refractivity contribution is 5.18. The molecule has 0 bridgehead atoms. The first-order chi connectivity index (χ1) is 17.1. The molecule has 35 heavy (non-hydrogen) atoms. The predicted octanol–water partition coefficient (Wildman–Crippen LogP) is 5.08. The van der Waals surface area contributed by atoms with Gasteiger partial charge in [0.2, 0.25) is 0 Å². The fourth-order valence-corrected chi connectivity index (χ4v) is 3.85. The Balaban J connectivity index is 1.48. The lowest BCUT2D eigenvalue weighted by Gasteiger charge is -2.24. The molecule has 182 valence electrons. The van der Waals surface area contributed by atoms with Crippen LogP contribution in [0.5, 0.6) is 0 Å². The molecule has 1 heterocycles. The molecule has 3 aromatic carbocycles. The summed E-state index contributed by atoms with van der Waals surface area (Å²) in [5, 5.41) is 9.66. The van der Waals surface area contributed by atoms with Crippen LogP contribution in [0.4, 0.5) is 13.2 Å². The Morgan fingerprint density at radius 3 is 1.63 bits per heavy atom. The Labute approximate surface area is 201 Å². The number of hydrogen-bond acceptors (Lipinski definition) is 5. The zero-order chi connectivity index (χ0) is 24.6. The first kappa shape index (κ1) is 24.9. The van der Waals surface area contributed by atoms with Gasteiger partial charge in [-0.2, -0.15) is 5.26 Å². The molecule has 0 spiro atoms. The van der Waals surface area contributed by atoms with E-state index in [1.165, 1.54) is 18.2 Å². The van der Waals surface area contributed by atoms with Crippen LogP contribution in [0.1, 0.15) is 16.7 Å². The maximum absolute atomic E-state index is 14.1. The van der Waals surface area contributed by atoms with E-state index in [2.05, 4.69) is 0 Å². The molecule has 0 amide bonds. The highest BCUT2D eigenvalue weighted by Gasteiger charge is 2.47. The summed E-state index contributed by atoms with van der Waals surface area (Å²) in [6, 6.07) is 20.6. The minimum Gasteiger partial charge on any atom is -0.374 e. The van der Waals surface area contributed by atoms with Gasteiger partial charge in [0, 0.05) is 16.7 Å². The summed E-state index contributed by atoms with van der Waals surface area (Å²) in [6.07, 6.45) is -3.46. The van der Waals surface area contributed by atoms with E-state index in [0.717, 1.165) is 0 Å². The maximum Gasteiger partial charge on any atom is 0.173 e. The third-order valence-electron chi connectivity index (χ3n) is 5.71. The molecule has 0 N–H and O–H groups in total. The molecule has 1 aliphatic rings. The minimum absolute atomic E-state index is 0.00939. The van der Waals surface area contributed by atoms with Gasteiger partial charge in [-0.25, -0.2) is 13.2 Å². The smallest absolute Gasteiger partial charge is 0.173 e. The second-order valence-corrected chi connectivity index (χ2v) is 8.06. The molecule has 8 heteroatoms. The summed E-state index contributed by atoms with van der Waals surface area (Å²) in [4.78, 5) is 0. The maximum atomic E-state index is 14.1. The van der Waals surface area contributed by atoms with Gasteiger partial charge in [0.05, 0.1) is 32.5 Å². The topological polar surface area (TPSA) is 60.7 Å². The quantitative estimate of drug-likeness (QED) is 0.403. The van der Waals surface area contributed by atoms with E-state index in [9.17, 15) is 18.4 Å². The molecule has 4 atom stereocenters. The Kier molecular flexibility index (Phi) is 8.50. The van der Waals surface area contributed by atoms with Gasteiger partial charge < -0.3 is 18.9 Å². The van der Waals surface area contributed by atoms with Crippen molar-refractivity contribution < 1.29 is 32.1 Å². The van der Waals surface area contributed by atoms with Crippen molar-refractivity contribution in [1.29, 1.82) is 5.26 Å². The standard InChI is InChI=1S/C27H24F3NO4/c28-21-10-4-1-7-18(21)14-32-17-25-27(34-16-20-9-3-6-12-23(20)30)26(24(13-31)35-25)33-15-19-8-2-5-11-22(19)29/h1-12,24-27H,14-17H2/t24-,25+,26-,27+/m0/s1. The van der Waals surface area contributed by atoms with Crippen LogP contribution in [0, 0.1) is 28.8 Å². The number of benzene rings is 3. The summed E-state index contributed by atoms with van der Waals surface area (Å²) < 4.78 is 65.5. The van der Waals surface area contributed by atoms with Crippen molar-refractivity contribution in [2.75, 3.05) is 6.61 Å². The molecular formula is C27H24F3NO4. The molecule has 3 aromatic rings. The molecule has 1 aliphatic heterocycles. The van der Waals surface area contributed by atoms with Crippen molar-refractivity contribution in [3.8, 4) is 6.07 Å². The van der Waals surface area contributed by atoms with Crippen LogP contribution in [0.3, 0.4) is 0 Å². The third kappa shape index (κ3) is 6.27. The summed E-state index contributed by atoms with van der Waals surface area (Å²) in [5.74, 6) is -1.26. The van der Waals surface area contributed by atoms with Gasteiger partial charge in [0.1, 0.15) is 35.8 Å². The van der Waals surface area contributed by atoms with E-state index in [1.54, 1.807) is 54.6 Å². The number of ether oxygens (including phenoxy) is 4. The highest BCUT2D eigenvalue weighted by Crippen LogP contribution is 2.29. The zero-order valence-electron chi connectivity index (χ0n) is 18.8. The SMILES string of the molecule is N#C[C@@H]1O[C@H](COCc2ccccc2F)[C@@H](OCc2ccccc2F)[C@H]1OCc1ccccc1F. The first-order valence-electron chi connectivity index (χ1n) is 11.1. The Morgan fingerprint density at radius 1 is 0.686 bits per heavy atom. The highest BCUT2D eigenvalue weighted by atomic mass is 19.1. The lowest BCUT2D eigenvalue weighted by atomic mass is 10.1. The fraction of sp³-hybridized carbons (Fsp3) is 0.296. The summed E-state index contributed by atoms with van der Waals surface area (Å²) in [6.45, 7) is -0.234. The van der Waals surface area contributed by atoms with Crippen molar-refractivity contribution in [1.82, 2.24) is 0 Å². The van der Waals surface area contributed by atoms with E-state index in [1.807, 2.05) is 6.07 Å². The van der Waals surface area contributed by atoms with Crippen LogP contribution < -0.4 is 0 Å². The lowest BCUT2D eigenvalue weighted by Crippen LogP contribution is -2.39. The second-order valence-electron chi connectivity index (χ2n) is 8.06. The minimum atomic E-state index is -1.02. The second kappa shape index (κ2) is 12.0. The van der Waals surface area contributed by atoms with Crippen LogP contribution in [-0.2, 0) is 38.8 Å². The number of nitriles is 1. The van der Waals surface area contributed by atoms with E-state index in [4.69, 9.17) is 18.9 Å². The van der Waals surface area contributed by atoms with E-state index < -0.39 is 41.9 Å². The molecule has 5 nitrogen and oxygen atoms in total. The largest absolute Gasteiger partial charge is 0.374 e. The third-order valence-corrected chi connectivity index (χ3v) is 5.71. The van der Waals surface area contributed by atoms with Gasteiger partial charge in [0.15, 0.2) is 6.10 Å². The van der Waals surface area contributed by atoms with Crippen molar-refractivity contribution in [2.45, 2.75) is 44.2 Å². The molecule has 4 rings (SSSR count). The van der Waals surface area contributed by atoms with Crippen molar-refractivity contribution >= 4 is 0 Å². The normalized spacial score (nSPS) is 21.7. The Morgan fingerprint density at radius 2 is 1.14 bits per heavy atom.